The average Bonchev–Trinajstić information content (AvgIpc) is 3.19. The molecule has 0 N–H and O–H groups in total. The third kappa shape index (κ3) is 2.89. The zero-order valence-corrected chi connectivity index (χ0v) is 13.2. The van der Waals surface area contributed by atoms with Gasteiger partial charge in [-0.15, -0.1) is 16.4 Å². The van der Waals surface area contributed by atoms with E-state index < -0.39 is 0 Å². The first kappa shape index (κ1) is 14.3. The summed E-state index contributed by atoms with van der Waals surface area (Å²) in [6, 6.07) is 3.71. The van der Waals surface area contributed by atoms with E-state index in [1.54, 1.807) is 6.92 Å². The van der Waals surface area contributed by atoms with Gasteiger partial charge in [-0.25, -0.2) is 0 Å². The molecular formula is C14H15N3O2S2. The molecule has 1 saturated heterocycles. The highest BCUT2D eigenvalue weighted by molar-refractivity contribution is 7.12. The summed E-state index contributed by atoms with van der Waals surface area (Å²) in [7, 11) is 0. The number of nitrogens with zero attached hydrogens (tertiary/aromatic N) is 3. The lowest BCUT2D eigenvalue weighted by Gasteiger charge is -2.23. The fourth-order valence-corrected chi connectivity index (χ4v) is 3.91. The fraction of sp³-hybridized carbons (Fsp3) is 0.429. The van der Waals surface area contributed by atoms with Crippen LogP contribution in [-0.2, 0) is 0 Å². The normalized spacial score (nSPS) is 18.1. The van der Waals surface area contributed by atoms with Crippen LogP contribution in [0.4, 0.5) is 0 Å². The van der Waals surface area contributed by atoms with Crippen LogP contribution in [0.3, 0.4) is 0 Å². The van der Waals surface area contributed by atoms with Crippen LogP contribution in [0.2, 0.25) is 0 Å². The molecule has 1 fully saturated rings. The van der Waals surface area contributed by atoms with Gasteiger partial charge in [-0.05, 0) is 42.7 Å². The molecule has 2 aromatic heterocycles. The van der Waals surface area contributed by atoms with Crippen molar-refractivity contribution in [2.45, 2.75) is 32.2 Å². The number of carbonyl (C=O) groups is 2. The first-order chi connectivity index (χ1) is 10.2. The van der Waals surface area contributed by atoms with Crippen LogP contribution in [0.15, 0.2) is 17.5 Å². The van der Waals surface area contributed by atoms with Gasteiger partial charge in [0.2, 0.25) is 0 Å². The van der Waals surface area contributed by atoms with Crippen molar-refractivity contribution in [2.24, 2.45) is 0 Å². The summed E-state index contributed by atoms with van der Waals surface area (Å²) in [5, 5.41) is 5.79. The SMILES string of the molecule is Cc1nnsc1C(=O)N1CCC[C@@H]1CC(=O)c1cccs1. The van der Waals surface area contributed by atoms with Gasteiger partial charge in [0.05, 0.1) is 10.6 Å². The highest BCUT2D eigenvalue weighted by Gasteiger charge is 2.32. The molecule has 1 aliphatic rings. The van der Waals surface area contributed by atoms with Gasteiger partial charge >= 0.3 is 0 Å². The van der Waals surface area contributed by atoms with Gasteiger partial charge in [-0.1, -0.05) is 10.6 Å². The van der Waals surface area contributed by atoms with Crippen molar-refractivity contribution in [3.63, 3.8) is 0 Å². The fourth-order valence-electron chi connectivity index (χ4n) is 2.63. The molecule has 2 aromatic rings. The van der Waals surface area contributed by atoms with Crippen molar-refractivity contribution in [1.29, 1.82) is 0 Å². The Labute approximate surface area is 130 Å². The van der Waals surface area contributed by atoms with Crippen molar-refractivity contribution in [2.75, 3.05) is 6.54 Å². The lowest BCUT2D eigenvalue weighted by molar-refractivity contribution is 0.0721. The number of aryl methyl sites for hydroxylation is 1. The number of hydrogen-bond acceptors (Lipinski definition) is 6. The van der Waals surface area contributed by atoms with Gasteiger partial charge in [-0.2, -0.15) is 0 Å². The molecule has 0 bridgehead atoms. The maximum absolute atomic E-state index is 12.6. The van der Waals surface area contributed by atoms with E-state index in [4.69, 9.17) is 0 Å². The minimum Gasteiger partial charge on any atom is -0.334 e. The van der Waals surface area contributed by atoms with E-state index in [-0.39, 0.29) is 17.7 Å². The van der Waals surface area contributed by atoms with Crippen LogP contribution < -0.4 is 0 Å². The summed E-state index contributed by atoms with van der Waals surface area (Å²) in [6.45, 7) is 2.50. The third-order valence-electron chi connectivity index (χ3n) is 3.70. The molecule has 5 nitrogen and oxygen atoms in total. The summed E-state index contributed by atoms with van der Waals surface area (Å²) >= 11 is 2.58. The van der Waals surface area contributed by atoms with E-state index in [1.165, 1.54) is 11.3 Å². The van der Waals surface area contributed by atoms with E-state index in [9.17, 15) is 9.59 Å². The molecule has 0 aromatic carbocycles. The topological polar surface area (TPSA) is 63.2 Å². The molecule has 0 aliphatic carbocycles. The first-order valence-corrected chi connectivity index (χ1v) is 8.48. The number of hydrogen-bond donors (Lipinski definition) is 0. The van der Waals surface area contributed by atoms with Gasteiger partial charge < -0.3 is 4.90 Å². The molecule has 0 saturated carbocycles. The maximum atomic E-state index is 12.6. The van der Waals surface area contributed by atoms with Crippen molar-refractivity contribution in [3.05, 3.63) is 33.0 Å². The number of amides is 1. The Hall–Kier alpha value is -1.60. The van der Waals surface area contributed by atoms with E-state index in [0.717, 1.165) is 29.3 Å². The lowest BCUT2D eigenvalue weighted by Crippen LogP contribution is -2.36. The van der Waals surface area contributed by atoms with E-state index in [1.807, 2.05) is 22.4 Å². The highest BCUT2D eigenvalue weighted by Crippen LogP contribution is 2.26. The zero-order chi connectivity index (χ0) is 14.8. The number of thiophene rings is 1. The van der Waals surface area contributed by atoms with Crippen LogP contribution in [0.5, 0.6) is 0 Å². The molecule has 7 heteroatoms. The second kappa shape index (κ2) is 6.03. The Morgan fingerprint density at radius 2 is 2.33 bits per heavy atom. The maximum Gasteiger partial charge on any atom is 0.267 e. The number of carbonyl (C=O) groups excluding carboxylic acids is 2. The number of rotatable bonds is 4. The average molecular weight is 321 g/mol. The van der Waals surface area contributed by atoms with E-state index >= 15 is 0 Å². The Morgan fingerprint density at radius 3 is 3.00 bits per heavy atom. The quantitative estimate of drug-likeness (QED) is 0.812. The molecule has 0 spiro atoms. The number of ketones is 1. The predicted molar refractivity (Wildman–Crippen MR) is 82.0 cm³/mol. The molecule has 3 heterocycles. The van der Waals surface area contributed by atoms with E-state index in [0.29, 0.717) is 23.5 Å². The Balaban J connectivity index is 1.72. The molecule has 0 unspecified atom stereocenters. The molecule has 0 radical (unpaired) electrons. The summed E-state index contributed by atoms with van der Waals surface area (Å²) in [5.74, 6) is 0.0813. The molecule has 1 atom stereocenters. The highest BCUT2D eigenvalue weighted by atomic mass is 32.1. The van der Waals surface area contributed by atoms with Crippen LogP contribution >= 0.6 is 22.9 Å². The summed E-state index contributed by atoms with van der Waals surface area (Å²) < 4.78 is 3.82. The van der Waals surface area contributed by atoms with Gasteiger partial charge in [0.25, 0.3) is 5.91 Å². The lowest BCUT2D eigenvalue weighted by atomic mass is 10.1. The van der Waals surface area contributed by atoms with Crippen molar-refractivity contribution in [1.82, 2.24) is 14.5 Å². The molecule has 1 aliphatic heterocycles. The van der Waals surface area contributed by atoms with E-state index in [2.05, 4.69) is 9.59 Å². The molecule has 1 amide bonds. The van der Waals surface area contributed by atoms with Crippen molar-refractivity contribution in [3.8, 4) is 0 Å². The Morgan fingerprint density at radius 1 is 1.48 bits per heavy atom. The molecular weight excluding hydrogens is 306 g/mol. The second-order valence-corrected chi connectivity index (χ2v) is 6.79. The molecule has 3 rings (SSSR count). The minimum atomic E-state index is -0.0380. The smallest absolute Gasteiger partial charge is 0.267 e. The van der Waals surface area contributed by atoms with Crippen LogP contribution in [0.25, 0.3) is 0 Å². The molecule has 110 valence electrons. The van der Waals surface area contributed by atoms with Crippen LogP contribution in [0, 0.1) is 6.92 Å². The monoisotopic (exact) mass is 321 g/mol. The minimum absolute atomic E-state index is 0.00593. The van der Waals surface area contributed by atoms with Crippen LogP contribution in [-0.4, -0.2) is 38.8 Å². The zero-order valence-electron chi connectivity index (χ0n) is 11.6. The van der Waals surface area contributed by atoms with Gasteiger partial charge in [0.15, 0.2) is 5.78 Å². The number of aromatic nitrogens is 2. The second-order valence-electron chi connectivity index (χ2n) is 5.09. The first-order valence-electron chi connectivity index (χ1n) is 6.83. The Kier molecular flexibility index (Phi) is 4.12. The van der Waals surface area contributed by atoms with Gasteiger partial charge in [0, 0.05) is 19.0 Å². The third-order valence-corrected chi connectivity index (χ3v) is 5.43. The summed E-state index contributed by atoms with van der Waals surface area (Å²) in [4.78, 5) is 28.0. The Bertz CT molecular complexity index is 651. The van der Waals surface area contributed by atoms with Gasteiger partial charge in [-0.3, -0.25) is 9.59 Å². The largest absolute Gasteiger partial charge is 0.334 e. The summed E-state index contributed by atoms with van der Waals surface area (Å²) in [5.41, 5.74) is 0.667. The molecule has 21 heavy (non-hydrogen) atoms. The number of likely N-dealkylation sites (tertiary alicyclic amines) is 1. The van der Waals surface area contributed by atoms with Crippen molar-refractivity contribution >= 4 is 34.6 Å². The van der Waals surface area contributed by atoms with Gasteiger partial charge in [0.1, 0.15) is 4.88 Å². The number of Topliss-reactive ketones (excluding diaryl/α,β-unsaturated/α-hetero) is 1. The van der Waals surface area contributed by atoms with Crippen molar-refractivity contribution < 1.29 is 9.59 Å². The van der Waals surface area contributed by atoms with Crippen LogP contribution in [0.1, 0.15) is 44.3 Å². The predicted octanol–water partition coefficient (Wildman–Crippen LogP) is 2.79. The summed E-state index contributed by atoms with van der Waals surface area (Å²) in [6.07, 6.45) is 2.23. The standard InChI is InChI=1S/C14H15N3O2S2/c1-9-13(21-16-15-9)14(19)17-6-2-4-10(17)8-11(18)12-5-3-7-20-12/h3,5,7,10H,2,4,6,8H2,1H3/t10-/m1/s1.